The van der Waals surface area contributed by atoms with Crippen molar-refractivity contribution in [2.24, 2.45) is 5.14 Å². The van der Waals surface area contributed by atoms with E-state index in [2.05, 4.69) is 5.10 Å². The van der Waals surface area contributed by atoms with Crippen LogP contribution in [0.2, 0.25) is 10.0 Å². The highest BCUT2D eigenvalue weighted by molar-refractivity contribution is 7.89. The molecule has 0 bridgehead atoms. The third-order valence-electron chi connectivity index (χ3n) is 3.82. The zero-order valence-electron chi connectivity index (χ0n) is 14.6. The van der Waals surface area contributed by atoms with Gasteiger partial charge in [0.15, 0.2) is 0 Å². The van der Waals surface area contributed by atoms with Gasteiger partial charge in [-0.25, -0.2) is 18.2 Å². The first-order valence-corrected chi connectivity index (χ1v) is 10.4. The quantitative estimate of drug-likeness (QED) is 0.608. The maximum absolute atomic E-state index is 11.7. The van der Waals surface area contributed by atoms with E-state index < -0.39 is 16.0 Å². The molecule has 146 valence electrons. The van der Waals surface area contributed by atoms with Crippen LogP contribution in [0.25, 0.3) is 16.9 Å². The van der Waals surface area contributed by atoms with Gasteiger partial charge in [0.25, 0.3) is 5.88 Å². The summed E-state index contributed by atoms with van der Waals surface area (Å²) in [7, 11) is -3.83. The fourth-order valence-corrected chi connectivity index (χ4v) is 3.35. The van der Waals surface area contributed by atoms with Crippen LogP contribution in [-0.4, -0.2) is 24.2 Å². The number of primary sulfonamides is 1. The third-order valence-corrected chi connectivity index (χ3v) is 5.35. The molecule has 0 fully saturated rings. The molecule has 0 aliphatic rings. The fraction of sp³-hybridized carbons (Fsp3) is 0.111. The van der Waals surface area contributed by atoms with Gasteiger partial charge in [0, 0.05) is 17.0 Å². The fourth-order valence-electron chi connectivity index (χ4n) is 2.44. The van der Waals surface area contributed by atoms with Crippen molar-refractivity contribution in [2.75, 3.05) is 0 Å². The maximum Gasteiger partial charge on any atom is 0.312 e. The lowest BCUT2D eigenvalue weighted by molar-refractivity contribution is -0.134. The van der Waals surface area contributed by atoms with Crippen molar-refractivity contribution in [3.8, 4) is 22.8 Å². The van der Waals surface area contributed by atoms with Crippen LogP contribution in [0.5, 0.6) is 5.88 Å². The van der Waals surface area contributed by atoms with Gasteiger partial charge < -0.3 is 4.74 Å². The molecule has 3 aromatic rings. The van der Waals surface area contributed by atoms with Gasteiger partial charge in [-0.2, -0.15) is 0 Å². The number of nitrogens with two attached hydrogens (primary N) is 1. The van der Waals surface area contributed by atoms with Gasteiger partial charge in [0.2, 0.25) is 10.0 Å². The average molecular weight is 440 g/mol. The van der Waals surface area contributed by atoms with Crippen molar-refractivity contribution in [3.05, 3.63) is 58.6 Å². The van der Waals surface area contributed by atoms with Gasteiger partial charge >= 0.3 is 5.97 Å². The van der Waals surface area contributed by atoms with E-state index in [1.807, 2.05) is 0 Å². The van der Waals surface area contributed by atoms with Gasteiger partial charge in [0.1, 0.15) is 5.02 Å². The minimum Gasteiger partial charge on any atom is -0.404 e. The number of sulfonamides is 1. The van der Waals surface area contributed by atoms with Crippen LogP contribution in [0.15, 0.2) is 53.4 Å². The summed E-state index contributed by atoms with van der Waals surface area (Å²) in [6.45, 7) is 1.65. The normalized spacial score (nSPS) is 11.4. The molecule has 7 nitrogen and oxygen atoms in total. The Balaban J connectivity index is 2.17. The first kappa shape index (κ1) is 20.3. The topological polar surface area (TPSA) is 104 Å². The van der Waals surface area contributed by atoms with E-state index >= 15 is 0 Å². The molecular weight excluding hydrogens is 425 g/mol. The Labute approximate surface area is 171 Å². The van der Waals surface area contributed by atoms with Gasteiger partial charge in [0.05, 0.1) is 16.3 Å². The summed E-state index contributed by atoms with van der Waals surface area (Å²) in [5.74, 6) is -0.534. The summed E-state index contributed by atoms with van der Waals surface area (Å²) in [6.07, 6.45) is 0.155. The molecule has 0 aliphatic carbocycles. The Hall–Kier alpha value is -2.39. The molecule has 0 aliphatic heterocycles. The van der Waals surface area contributed by atoms with Crippen molar-refractivity contribution in [1.29, 1.82) is 0 Å². The highest BCUT2D eigenvalue weighted by Crippen LogP contribution is 2.37. The van der Waals surface area contributed by atoms with Crippen LogP contribution >= 0.6 is 23.2 Å². The predicted octanol–water partition coefficient (Wildman–Crippen LogP) is 3.81. The van der Waals surface area contributed by atoms with E-state index in [4.69, 9.17) is 33.1 Å². The van der Waals surface area contributed by atoms with Gasteiger partial charge in [-0.05, 0) is 36.4 Å². The Morgan fingerprint density at radius 1 is 1.11 bits per heavy atom. The van der Waals surface area contributed by atoms with Crippen molar-refractivity contribution in [3.63, 3.8) is 0 Å². The van der Waals surface area contributed by atoms with E-state index in [1.54, 1.807) is 31.2 Å². The standard InChI is InChI=1S/C18H15Cl2N3O4S/c1-2-15(24)27-18-16(20)17(11-3-5-12(19)6-4-11)23(22-18)13-7-9-14(10-8-13)28(21,25)26/h3-10H,2H2,1H3,(H2,21,25,26). The van der Waals surface area contributed by atoms with Crippen molar-refractivity contribution in [2.45, 2.75) is 18.2 Å². The monoisotopic (exact) mass is 439 g/mol. The first-order chi connectivity index (χ1) is 13.2. The van der Waals surface area contributed by atoms with E-state index in [1.165, 1.54) is 28.9 Å². The van der Waals surface area contributed by atoms with Crippen LogP contribution in [0, 0.1) is 0 Å². The number of halogens is 2. The van der Waals surface area contributed by atoms with Crippen LogP contribution in [0.1, 0.15) is 13.3 Å². The molecular formula is C18H15Cl2N3O4S. The lowest BCUT2D eigenvalue weighted by atomic mass is 10.1. The number of carbonyl (C=O) groups is 1. The summed E-state index contributed by atoms with van der Waals surface area (Å²) in [6, 6.07) is 12.6. The van der Waals surface area contributed by atoms with Crippen LogP contribution in [-0.2, 0) is 14.8 Å². The van der Waals surface area contributed by atoms with Crippen molar-refractivity contribution < 1.29 is 17.9 Å². The van der Waals surface area contributed by atoms with Crippen LogP contribution < -0.4 is 9.88 Å². The maximum atomic E-state index is 11.7. The molecule has 1 heterocycles. The Bertz CT molecular complexity index is 1120. The number of rotatable bonds is 5. The second-order valence-corrected chi connectivity index (χ2v) is 8.13. The van der Waals surface area contributed by atoms with Crippen LogP contribution in [0.4, 0.5) is 0 Å². The zero-order valence-corrected chi connectivity index (χ0v) is 16.9. The molecule has 2 aromatic carbocycles. The van der Waals surface area contributed by atoms with E-state index in [9.17, 15) is 13.2 Å². The molecule has 0 unspecified atom stereocenters. The molecule has 28 heavy (non-hydrogen) atoms. The molecule has 3 rings (SSSR count). The minimum absolute atomic E-state index is 0.0415. The molecule has 1 aromatic heterocycles. The zero-order chi connectivity index (χ0) is 20.5. The Kier molecular flexibility index (Phi) is 5.76. The Morgan fingerprint density at radius 2 is 1.71 bits per heavy atom. The molecule has 0 spiro atoms. The summed E-state index contributed by atoms with van der Waals surface area (Å²) in [4.78, 5) is 11.7. The second-order valence-electron chi connectivity index (χ2n) is 5.75. The number of esters is 1. The number of ether oxygens (including phenoxy) is 1. The van der Waals surface area contributed by atoms with E-state index in [0.717, 1.165) is 0 Å². The smallest absolute Gasteiger partial charge is 0.312 e. The number of hydrogen-bond acceptors (Lipinski definition) is 5. The van der Waals surface area contributed by atoms with Crippen molar-refractivity contribution in [1.82, 2.24) is 9.78 Å². The largest absolute Gasteiger partial charge is 0.404 e. The van der Waals surface area contributed by atoms with E-state index in [-0.39, 0.29) is 22.2 Å². The minimum atomic E-state index is -3.83. The number of nitrogens with zero attached hydrogens (tertiary/aromatic N) is 2. The third kappa shape index (κ3) is 4.20. The summed E-state index contributed by atoms with van der Waals surface area (Å²) in [5.41, 5.74) is 1.63. The molecule has 0 saturated heterocycles. The molecule has 2 N–H and O–H groups in total. The average Bonchev–Trinajstić information content (AvgIpc) is 2.98. The highest BCUT2D eigenvalue weighted by atomic mass is 35.5. The lowest BCUT2D eigenvalue weighted by Crippen LogP contribution is -2.12. The van der Waals surface area contributed by atoms with Crippen molar-refractivity contribution >= 4 is 39.2 Å². The number of aromatic nitrogens is 2. The Morgan fingerprint density at radius 3 is 2.25 bits per heavy atom. The SMILES string of the molecule is CCC(=O)Oc1nn(-c2ccc(S(N)(=O)=O)cc2)c(-c2ccc(Cl)cc2)c1Cl. The second kappa shape index (κ2) is 7.92. The lowest BCUT2D eigenvalue weighted by Gasteiger charge is -2.08. The highest BCUT2D eigenvalue weighted by Gasteiger charge is 2.22. The van der Waals surface area contributed by atoms with Gasteiger partial charge in [-0.3, -0.25) is 4.79 Å². The summed E-state index contributed by atoms with van der Waals surface area (Å²) in [5, 5.41) is 10.1. The van der Waals surface area contributed by atoms with Gasteiger partial charge in [-0.15, -0.1) is 5.10 Å². The molecule has 0 amide bonds. The first-order valence-electron chi connectivity index (χ1n) is 8.09. The molecule has 0 atom stereocenters. The number of benzene rings is 2. The molecule has 0 radical (unpaired) electrons. The number of hydrogen-bond donors (Lipinski definition) is 1. The number of carbonyl (C=O) groups excluding carboxylic acids is 1. The van der Waals surface area contributed by atoms with Gasteiger partial charge in [-0.1, -0.05) is 42.3 Å². The summed E-state index contributed by atoms with van der Waals surface area (Å²) < 4.78 is 29.6. The van der Waals surface area contributed by atoms with E-state index in [0.29, 0.717) is 22.0 Å². The predicted molar refractivity (Wildman–Crippen MR) is 106 cm³/mol. The van der Waals surface area contributed by atoms with Crippen LogP contribution in [0.3, 0.4) is 0 Å². The molecule has 10 heteroatoms. The molecule has 0 saturated carbocycles. The summed E-state index contributed by atoms with van der Waals surface area (Å²) >= 11 is 12.4.